The molecule has 1 saturated heterocycles. The maximum absolute atomic E-state index is 15.0. The molecule has 0 aromatic heterocycles. The smallest absolute Gasteiger partial charge is 0.491 e. The fraction of sp³-hybridized carbons (Fsp3) is 0.480. The van der Waals surface area contributed by atoms with E-state index in [-0.39, 0.29) is 31.0 Å². The molecule has 1 saturated carbocycles. The second kappa shape index (κ2) is 7.81. The van der Waals surface area contributed by atoms with Crippen LogP contribution in [0.25, 0.3) is 0 Å². The van der Waals surface area contributed by atoms with Gasteiger partial charge in [-0.15, -0.1) is 0 Å². The molecular weight excluding hydrogens is 427 g/mol. The van der Waals surface area contributed by atoms with E-state index in [1.165, 1.54) is 17.0 Å². The Morgan fingerprint density at radius 3 is 2.36 bits per heavy atom. The molecule has 0 spiro atoms. The molecule has 3 aliphatic rings. The topological polar surface area (TPSA) is 48.0 Å². The monoisotopic (exact) mass is 455 g/mol. The van der Waals surface area contributed by atoms with Gasteiger partial charge in [-0.05, 0) is 75.7 Å². The number of nitrogens with zero attached hydrogens (tertiary/aromatic N) is 1. The van der Waals surface area contributed by atoms with E-state index in [0.717, 1.165) is 18.4 Å². The van der Waals surface area contributed by atoms with Gasteiger partial charge in [0.15, 0.2) is 0 Å². The van der Waals surface area contributed by atoms with Gasteiger partial charge in [0, 0.05) is 12.1 Å². The molecule has 0 bridgehead atoms. The molecule has 2 aliphatic heterocycles. The van der Waals surface area contributed by atoms with Crippen LogP contribution in [0.15, 0.2) is 30.3 Å². The standard InChI is InChI=1S/C25H28BF2NO4/c1-24(2)25(3,4)33-26(32-24)18-8-7-16(19(27)13-18)14-29-9-10-31-21-12-17(15-5-6-15)11-20(28)22(21)23(29)30/h7-8,11-13,15H,5-6,9-10,14H2,1-4H3. The number of carbonyl (C=O) groups excluding carboxylic acids is 1. The maximum Gasteiger partial charge on any atom is 0.494 e. The van der Waals surface area contributed by atoms with Gasteiger partial charge in [0.05, 0.1) is 17.7 Å². The summed E-state index contributed by atoms with van der Waals surface area (Å²) in [4.78, 5) is 14.6. The summed E-state index contributed by atoms with van der Waals surface area (Å²) in [5.41, 5.74) is 0.652. The normalized spacial score (nSPS) is 21.6. The minimum Gasteiger partial charge on any atom is -0.491 e. The molecule has 2 heterocycles. The first-order valence-corrected chi connectivity index (χ1v) is 11.5. The third-order valence-corrected chi connectivity index (χ3v) is 7.21. The second-order valence-corrected chi connectivity index (χ2v) is 10.2. The van der Waals surface area contributed by atoms with Crippen molar-refractivity contribution in [2.45, 2.75) is 64.2 Å². The van der Waals surface area contributed by atoms with Crippen molar-refractivity contribution in [3.63, 3.8) is 0 Å². The zero-order valence-corrected chi connectivity index (χ0v) is 19.4. The molecule has 5 rings (SSSR count). The van der Waals surface area contributed by atoms with Gasteiger partial charge >= 0.3 is 7.12 Å². The van der Waals surface area contributed by atoms with E-state index in [2.05, 4.69) is 0 Å². The van der Waals surface area contributed by atoms with E-state index in [0.29, 0.717) is 16.9 Å². The number of rotatable bonds is 4. The fourth-order valence-electron chi connectivity index (χ4n) is 4.27. The number of fused-ring (bicyclic) bond motifs is 1. The summed E-state index contributed by atoms with van der Waals surface area (Å²) in [5, 5.41) is 0. The summed E-state index contributed by atoms with van der Waals surface area (Å²) in [6, 6.07) is 7.96. The molecule has 0 atom stereocenters. The molecule has 174 valence electrons. The first kappa shape index (κ1) is 22.4. The van der Waals surface area contributed by atoms with Crippen LogP contribution in [0.3, 0.4) is 0 Å². The van der Waals surface area contributed by atoms with Gasteiger partial charge in [-0.25, -0.2) is 8.78 Å². The Balaban J connectivity index is 1.36. The molecule has 5 nitrogen and oxygen atoms in total. The van der Waals surface area contributed by atoms with Crippen LogP contribution in [0.5, 0.6) is 5.75 Å². The average molecular weight is 455 g/mol. The third kappa shape index (κ3) is 4.04. The molecule has 1 aliphatic carbocycles. The van der Waals surface area contributed by atoms with Gasteiger partial charge in [0.1, 0.15) is 29.6 Å². The van der Waals surface area contributed by atoms with Crippen LogP contribution in [0, 0.1) is 11.6 Å². The van der Waals surface area contributed by atoms with Crippen LogP contribution < -0.4 is 10.2 Å². The van der Waals surface area contributed by atoms with Crippen molar-refractivity contribution in [1.29, 1.82) is 0 Å². The fourth-order valence-corrected chi connectivity index (χ4v) is 4.27. The molecule has 2 aromatic carbocycles. The number of halogens is 2. The van der Waals surface area contributed by atoms with Crippen molar-refractivity contribution in [1.82, 2.24) is 4.90 Å². The number of benzene rings is 2. The quantitative estimate of drug-likeness (QED) is 0.650. The zero-order valence-electron chi connectivity index (χ0n) is 19.4. The Bertz CT molecular complexity index is 1100. The van der Waals surface area contributed by atoms with E-state index in [9.17, 15) is 9.18 Å². The summed E-state index contributed by atoms with van der Waals surface area (Å²) in [7, 11) is -0.673. The predicted octanol–water partition coefficient (Wildman–Crippen LogP) is 4.18. The number of hydrogen-bond donors (Lipinski definition) is 0. The molecule has 0 unspecified atom stereocenters. The Labute approximate surface area is 193 Å². The van der Waals surface area contributed by atoms with Gasteiger partial charge in [-0.2, -0.15) is 0 Å². The van der Waals surface area contributed by atoms with E-state index >= 15 is 4.39 Å². The SMILES string of the molecule is CC1(C)OB(c2ccc(CN3CCOc4cc(C5CC5)cc(F)c4C3=O)c(F)c2)OC1(C)C. The van der Waals surface area contributed by atoms with Crippen LogP contribution in [-0.4, -0.2) is 42.3 Å². The van der Waals surface area contributed by atoms with E-state index in [4.69, 9.17) is 14.0 Å². The van der Waals surface area contributed by atoms with Gasteiger partial charge in [-0.1, -0.05) is 12.1 Å². The highest BCUT2D eigenvalue weighted by Gasteiger charge is 2.51. The number of carbonyl (C=O) groups is 1. The largest absolute Gasteiger partial charge is 0.494 e. The number of amides is 1. The van der Waals surface area contributed by atoms with Crippen LogP contribution in [0.1, 0.15) is 67.9 Å². The van der Waals surface area contributed by atoms with Gasteiger partial charge in [-0.3, -0.25) is 4.79 Å². The highest BCUT2D eigenvalue weighted by molar-refractivity contribution is 6.62. The molecular formula is C25H28BF2NO4. The molecule has 2 fully saturated rings. The molecule has 2 aromatic rings. The van der Waals surface area contributed by atoms with E-state index < -0.39 is 35.9 Å². The van der Waals surface area contributed by atoms with Crippen molar-refractivity contribution in [2.24, 2.45) is 0 Å². The summed E-state index contributed by atoms with van der Waals surface area (Å²) < 4.78 is 47.6. The lowest BCUT2D eigenvalue weighted by molar-refractivity contribution is 0.00578. The molecule has 0 N–H and O–H groups in total. The molecule has 0 radical (unpaired) electrons. The molecule has 1 amide bonds. The lowest BCUT2D eigenvalue weighted by Crippen LogP contribution is -2.41. The predicted molar refractivity (Wildman–Crippen MR) is 121 cm³/mol. The van der Waals surface area contributed by atoms with Crippen LogP contribution in [-0.2, 0) is 15.9 Å². The van der Waals surface area contributed by atoms with Gasteiger partial charge in [0.25, 0.3) is 5.91 Å². The lowest BCUT2D eigenvalue weighted by atomic mass is 9.78. The van der Waals surface area contributed by atoms with Crippen LogP contribution in [0.2, 0.25) is 0 Å². The first-order chi connectivity index (χ1) is 15.6. The molecule has 33 heavy (non-hydrogen) atoms. The highest BCUT2D eigenvalue weighted by atomic mass is 19.1. The summed E-state index contributed by atoms with van der Waals surface area (Å²) in [6.07, 6.45) is 2.05. The van der Waals surface area contributed by atoms with Gasteiger partial charge < -0.3 is 18.9 Å². The summed E-state index contributed by atoms with van der Waals surface area (Å²) in [6.45, 7) is 8.24. The van der Waals surface area contributed by atoms with Crippen LogP contribution >= 0.6 is 0 Å². The van der Waals surface area contributed by atoms with E-state index in [1.54, 1.807) is 18.2 Å². The average Bonchev–Trinajstić information content (AvgIpc) is 3.55. The zero-order chi connectivity index (χ0) is 23.5. The Kier molecular flexibility index (Phi) is 5.29. The van der Waals surface area contributed by atoms with E-state index in [1.807, 2.05) is 27.7 Å². The highest BCUT2D eigenvalue weighted by Crippen LogP contribution is 2.43. The number of ether oxygens (including phenoxy) is 1. The van der Waals surface area contributed by atoms with Crippen molar-refractivity contribution in [3.05, 3.63) is 58.7 Å². The lowest BCUT2D eigenvalue weighted by Gasteiger charge is -2.32. The van der Waals surface area contributed by atoms with Crippen molar-refractivity contribution in [2.75, 3.05) is 13.2 Å². The Morgan fingerprint density at radius 1 is 1.03 bits per heavy atom. The summed E-state index contributed by atoms with van der Waals surface area (Å²) >= 11 is 0. The van der Waals surface area contributed by atoms with Crippen molar-refractivity contribution < 1.29 is 27.6 Å². The van der Waals surface area contributed by atoms with Crippen molar-refractivity contribution in [3.8, 4) is 5.75 Å². The number of hydrogen-bond acceptors (Lipinski definition) is 4. The minimum absolute atomic E-state index is 0.0148. The first-order valence-electron chi connectivity index (χ1n) is 11.5. The van der Waals surface area contributed by atoms with Crippen LogP contribution in [0.4, 0.5) is 8.78 Å². The third-order valence-electron chi connectivity index (χ3n) is 7.21. The van der Waals surface area contributed by atoms with Crippen molar-refractivity contribution >= 4 is 18.5 Å². The molecule has 8 heteroatoms. The Hall–Kier alpha value is -2.45. The summed E-state index contributed by atoms with van der Waals surface area (Å²) in [5.74, 6) is -0.912. The van der Waals surface area contributed by atoms with Gasteiger partial charge in [0.2, 0.25) is 0 Å². The maximum atomic E-state index is 15.0. The Morgan fingerprint density at radius 2 is 1.73 bits per heavy atom. The second-order valence-electron chi connectivity index (χ2n) is 10.2. The minimum atomic E-state index is -0.673.